The Morgan fingerprint density at radius 2 is 2.00 bits per heavy atom. The van der Waals surface area contributed by atoms with Gasteiger partial charge in [0.2, 0.25) is 0 Å². The summed E-state index contributed by atoms with van der Waals surface area (Å²) in [6, 6.07) is 10.2. The lowest BCUT2D eigenvalue weighted by Crippen LogP contribution is -2.52. The molecule has 1 aromatic carbocycles. The zero-order chi connectivity index (χ0) is 17.9. The summed E-state index contributed by atoms with van der Waals surface area (Å²) in [5, 5.41) is 10.3. The lowest BCUT2D eigenvalue weighted by molar-refractivity contribution is 0.0446. The fourth-order valence-electron chi connectivity index (χ4n) is 4.33. The van der Waals surface area contributed by atoms with Crippen molar-refractivity contribution >= 4 is 16.8 Å². The Bertz CT molecular complexity index is 771. The van der Waals surface area contributed by atoms with Crippen LogP contribution < -0.4 is 0 Å². The maximum atomic E-state index is 13.0. The molecule has 0 saturated carbocycles. The lowest BCUT2D eigenvalue weighted by Gasteiger charge is -2.42. The second-order valence-corrected chi connectivity index (χ2v) is 7.62. The molecule has 1 unspecified atom stereocenters. The van der Waals surface area contributed by atoms with Gasteiger partial charge in [-0.3, -0.25) is 14.7 Å². The SMILES string of the molecule is O=C(c1ccc2ncccc2c1)N1CCCC(N2CCC(CO)CC2)C1. The van der Waals surface area contributed by atoms with Gasteiger partial charge in [0.05, 0.1) is 5.52 Å². The van der Waals surface area contributed by atoms with E-state index in [-0.39, 0.29) is 5.91 Å². The number of piperidine rings is 2. The number of amides is 1. The topological polar surface area (TPSA) is 56.7 Å². The number of benzene rings is 1. The number of pyridine rings is 1. The van der Waals surface area contributed by atoms with Gasteiger partial charge in [0, 0.05) is 42.9 Å². The minimum atomic E-state index is 0.130. The van der Waals surface area contributed by atoms with Gasteiger partial charge in [0.25, 0.3) is 5.91 Å². The monoisotopic (exact) mass is 353 g/mol. The number of aliphatic hydroxyl groups is 1. The van der Waals surface area contributed by atoms with Crippen molar-refractivity contribution in [3.63, 3.8) is 0 Å². The highest BCUT2D eigenvalue weighted by molar-refractivity contribution is 5.98. The molecule has 1 N–H and O–H groups in total. The Kier molecular flexibility index (Phi) is 5.18. The first-order valence-electron chi connectivity index (χ1n) is 9.73. The summed E-state index contributed by atoms with van der Waals surface area (Å²) >= 11 is 0. The van der Waals surface area contributed by atoms with E-state index >= 15 is 0 Å². The average molecular weight is 353 g/mol. The quantitative estimate of drug-likeness (QED) is 0.921. The zero-order valence-corrected chi connectivity index (χ0v) is 15.2. The number of aromatic nitrogens is 1. The minimum absolute atomic E-state index is 0.130. The van der Waals surface area contributed by atoms with Crippen molar-refractivity contribution in [1.82, 2.24) is 14.8 Å². The van der Waals surface area contributed by atoms with Crippen molar-refractivity contribution in [3.8, 4) is 0 Å². The summed E-state index contributed by atoms with van der Waals surface area (Å²) in [6.07, 6.45) is 6.14. The summed E-state index contributed by atoms with van der Waals surface area (Å²) in [5.41, 5.74) is 1.68. The number of aliphatic hydroxyl groups excluding tert-OH is 1. The van der Waals surface area contributed by atoms with Crippen LogP contribution in [0.3, 0.4) is 0 Å². The number of hydrogen-bond acceptors (Lipinski definition) is 4. The number of hydrogen-bond donors (Lipinski definition) is 1. The maximum absolute atomic E-state index is 13.0. The molecule has 0 radical (unpaired) electrons. The molecule has 0 spiro atoms. The normalized spacial score (nSPS) is 22.7. The van der Waals surface area contributed by atoms with Gasteiger partial charge in [-0.15, -0.1) is 0 Å². The van der Waals surface area contributed by atoms with Gasteiger partial charge in [-0.25, -0.2) is 0 Å². The van der Waals surface area contributed by atoms with Crippen LogP contribution in [0, 0.1) is 5.92 Å². The van der Waals surface area contributed by atoms with Crippen molar-refractivity contribution in [1.29, 1.82) is 0 Å². The summed E-state index contributed by atoms with van der Waals surface area (Å²) in [4.78, 5) is 21.9. The molecule has 4 rings (SSSR count). The minimum Gasteiger partial charge on any atom is -0.396 e. The van der Waals surface area contributed by atoms with Gasteiger partial charge >= 0.3 is 0 Å². The van der Waals surface area contributed by atoms with Crippen LogP contribution in [0.4, 0.5) is 0 Å². The summed E-state index contributed by atoms with van der Waals surface area (Å²) < 4.78 is 0. The number of carbonyl (C=O) groups is 1. The van der Waals surface area contributed by atoms with E-state index in [4.69, 9.17) is 0 Å². The third-order valence-electron chi connectivity index (χ3n) is 5.96. The number of likely N-dealkylation sites (tertiary alicyclic amines) is 2. The maximum Gasteiger partial charge on any atom is 0.253 e. The molecule has 1 amide bonds. The predicted molar refractivity (Wildman–Crippen MR) is 102 cm³/mol. The highest BCUT2D eigenvalue weighted by Crippen LogP contribution is 2.24. The molecule has 26 heavy (non-hydrogen) atoms. The molecule has 2 aromatic rings. The van der Waals surface area contributed by atoms with E-state index in [1.54, 1.807) is 6.20 Å². The molecule has 0 bridgehead atoms. The molecule has 5 heteroatoms. The van der Waals surface area contributed by atoms with Crippen LogP contribution in [0.15, 0.2) is 36.5 Å². The van der Waals surface area contributed by atoms with Gasteiger partial charge in [-0.1, -0.05) is 6.07 Å². The molecular formula is C21H27N3O2. The second kappa shape index (κ2) is 7.72. The summed E-state index contributed by atoms with van der Waals surface area (Å²) in [7, 11) is 0. The molecule has 3 heterocycles. The Hall–Kier alpha value is -1.98. The molecule has 2 fully saturated rings. The molecule has 1 atom stereocenters. The van der Waals surface area contributed by atoms with Crippen LogP contribution in [-0.4, -0.2) is 64.6 Å². The van der Waals surface area contributed by atoms with E-state index in [1.165, 1.54) is 0 Å². The van der Waals surface area contributed by atoms with Crippen LogP contribution in [0.2, 0.25) is 0 Å². The van der Waals surface area contributed by atoms with Crippen LogP contribution in [0.1, 0.15) is 36.0 Å². The Balaban J connectivity index is 1.44. The standard InChI is InChI=1S/C21H27N3O2/c25-15-16-7-11-23(12-8-16)19-4-2-10-24(14-19)21(26)18-5-6-20-17(13-18)3-1-9-22-20/h1,3,5-6,9,13,16,19,25H,2,4,7-8,10-12,14-15H2. The van der Waals surface area contributed by atoms with Crippen molar-refractivity contribution in [2.45, 2.75) is 31.7 Å². The van der Waals surface area contributed by atoms with Gasteiger partial charge in [0.15, 0.2) is 0 Å². The van der Waals surface area contributed by atoms with Crippen LogP contribution in [0.25, 0.3) is 10.9 Å². The largest absolute Gasteiger partial charge is 0.396 e. The van der Waals surface area contributed by atoms with Crippen molar-refractivity contribution < 1.29 is 9.90 Å². The number of fused-ring (bicyclic) bond motifs is 1. The molecule has 1 aromatic heterocycles. The van der Waals surface area contributed by atoms with Crippen molar-refractivity contribution in [2.24, 2.45) is 5.92 Å². The second-order valence-electron chi connectivity index (χ2n) is 7.62. The van der Waals surface area contributed by atoms with Gasteiger partial charge in [-0.2, -0.15) is 0 Å². The van der Waals surface area contributed by atoms with Gasteiger partial charge in [-0.05, 0) is 69.0 Å². The van der Waals surface area contributed by atoms with Crippen LogP contribution in [0.5, 0.6) is 0 Å². The fourth-order valence-corrected chi connectivity index (χ4v) is 4.33. The zero-order valence-electron chi connectivity index (χ0n) is 15.2. The number of nitrogens with zero attached hydrogens (tertiary/aromatic N) is 3. The average Bonchev–Trinajstić information content (AvgIpc) is 2.73. The smallest absolute Gasteiger partial charge is 0.253 e. The Morgan fingerprint density at radius 1 is 1.15 bits per heavy atom. The predicted octanol–water partition coefficient (Wildman–Crippen LogP) is 2.54. The highest BCUT2D eigenvalue weighted by atomic mass is 16.3. The molecule has 2 aliphatic rings. The number of carbonyl (C=O) groups excluding carboxylic acids is 1. The van der Waals surface area contributed by atoms with Crippen molar-refractivity contribution in [2.75, 3.05) is 32.8 Å². The van der Waals surface area contributed by atoms with E-state index in [0.717, 1.165) is 68.3 Å². The number of rotatable bonds is 3. The van der Waals surface area contributed by atoms with Crippen LogP contribution in [-0.2, 0) is 0 Å². The molecule has 5 nitrogen and oxygen atoms in total. The highest BCUT2D eigenvalue weighted by Gasteiger charge is 2.30. The van der Waals surface area contributed by atoms with E-state index in [2.05, 4.69) is 9.88 Å². The molecular weight excluding hydrogens is 326 g/mol. The van der Waals surface area contributed by atoms with Gasteiger partial charge < -0.3 is 10.0 Å². The van der Waals surface area contributed by atoms with E-state index < -0.39 is 0 Å². The Labute approximate surface area is 154 Å². The van der Waals surface area contributed by atoms with Gasteiger partial charge in [0.1, 0.15) is 0 Å². The molecule has 0 aliphatic carbocycles. The first kappa shape index (κ1) is 17.4. The van der Waals surface area contributed by atoms with Crippen LogP contribution >= 0.6 is 0 Å². The molecule has 2 saturated heterocycles. The first-order chi connectivity index (χ1) is 12.7. The fraction of sp³-hybridized carbons (Fsp3) is 0.524. The van der Waals surface area contributed by atoms with E-state index in [0.29, 0.717) is 18.6 Å². The van der Waals surface area contributed by atoms with Crippen molar-refractivity contribution in [3.05, 3.63) is 42.1 Å². The molecule has 138 valence electrons. The molecule has 2 aliphatic heterocycles. The first-order valence-corrected chi connectivity index (χ1v) is 9.73. The Morgan fingerprint density at radius 3 is 2.81 bits per heavy atom. The van der Waals surface area contributed by atoms with E-state index in [1.807, 2.05) is 35.2 Å². The summed E-state index contributed by atoms with van der Waals surface area (Å²) in [6.45, 7) is 4.04. The van der Waals surface area contributed by atoms with E-state index in [9.17, 15) is 9.90 Å². The lowest BCUT2D eigenvalue weighted by atomic mass is 9.94. The third-order valence-corrected chi connectivity index (χ3v) is 5.96. The summed E-state index contributed by atoms with van der Waals surface area (Å²) in [5.74, 6) is 0.587. The third kappa shape index (κ3) is 3.60.